The summed E-state index contributed by atoms with van der Waals surface area (Å²) in [5.74, 6) is 1.28. The second kappa shape index (κ2) is 7.62. The smallest absolute Gasteiger partial charge is 0.223 e. The zero-order valence-electron chi connectivity index (χ0n) is 14.9. The number of aryl methyl sites for hydroxylation is 2. The van der Waals surface area contributed by atoms with Crippen LogP contribution >= 0.6 is 0 Å². The number of amides is 1. The number of H-pyrrole nitrogens is 1. The quantitative estimate of drug-likeness (QED) is 0.785. The normalized spacial score (nSPS) is 14.1. The van der Waals surface area contributed by atoms with Gasteiger partial charge in [-0.3, -0.25) is 4.79 Å². The minimum absolute atomic E-state index is 0.126. The van der Waals surface area contributed by atoms with Gasteiger partial charge < -0.3 is 10.3 Å². The van der Waals surface area contributed by atoms with Crippen molar-refractivity contribution in [3.63, 3.8) is 0 Å². The number of fused-ring (bicyclic) bond motifs is 1. The van der Waals surface area contributed by atoms with Gasteiger partial charge in [-0.1, -0.05) is 33.6 Å². The summed E-state index contributed by atoms with van der Waals surface area (Å²) in [5, 5.41) is 11.9. The van der Waals surface area contributed by atoms with Crippen LogP contribution in [0.15, 0.2) is 0 Å². The van der Waals surface area contributed by atoms with Gasteiger partial charge in [-0.15, -0.1) is 9.73 Å². The third-order valence-electron chi connectivity index (χ3n) is 4.61. The molecule has 0 aliphatic heterocycles. The first-order chi connectivity index (χ1) is 11.0. The van der Waals surface area contributed by atoms with E-state index in [1.54, 1.807) is 4.63 Å². The Balaban J connectivity index is 1.94. The molecule has 0 spiro atoms. The molecule has 2 aromatic rings. The number of nitrogens with one attached hydrogen (secondary N) is 2. The van der Waals surface area contributed by atoms with Crippen LogP contribution in [0.5, 0.6) is 0 Å². The SMILES string of the molecule is CCCCC(CC)C(=O)NCC(C)c1nn2nc(C)c(C)c2[nH]1. The van der Waals surface area contributed by atoms with E-state index in [0.29, 0.717) is 6.54 Å². The molecule has 23 heavy (non-hydrogen) atoms. The number of rotatable bonds is 8. The zero-order chi connectivity index (χ0) is 17.0. The summed E-state index contributed by atoms with van der Waals surface area (Å²) in [4.78, 5) is 15.6. The third-order valence-corrected chi connectivity index (χ3v) is 4.61. The number of aromatic nitrogens is 4. The lowest BCUT2D eigenvalue weighted by Gasteiger charge is -2.16. The first kappa shape index (κ1) is 17.5. The van der Waals surface area contributed by atoms with Gasteiger partial charge in [0.1, 0.15) is 5.82 Å². The molecule has 2 unspecified atom stereocenters. The van der Waals surface area contributed by atoms with E-state index in [1.807, 2.05) is 13.8 Å². The fraction of sp³-hybridized carbons (Fsp3) is 0.706. The Morgan fingerprint density at radius 1 is 1.30 bits per heavy atom. The average Bonchev–Trinajstić information content (AvgIpc) is 3.06. The molecule has 0 bridgehead atoms. The van der Waals surface area contributed by atoms with Crippen molar-refractivity contribution in [2.75, 3.05) is 6.54 Å². The first-order valence-electron chi connectivity index (χ1n) is 8.67. The molecular formula is C17H29N5O. The van der Waals surface area contributed by atoms with Crippen LogP contribution in [-0.2, 0) is 4.79 Å². The molecule has 1 amide bonds. The minimum atomic E-state index is 0.126. The van der Waals surface area contributed by atoms with E-state index in [0.717, 1.165) is 48.4 Å². The van der Waals surface area contributed by atoms with Crippen LogP contribution in [0, 0.1) is 19.8 Å². The summed E-state index contributed by atoms with van der Waals surface area (Å²) in [6, 6.07) is 0. The van der Waals surface area contributed by atoms with E-state index in [4.69, 9.17) is 0 Å². The second-order valence-corrected chi connectivity index (χ2v) is 6.45. The Bertz CT molecular complexity index is 657. The third kappa shape index (κ3) is 3.92. The molecule has 2 atom stereocenters. The van der Waals surface area contributed by atoms with Crippen molar-refractivity contribution >= 4 is 11.6 Å². The van der Waals surface area contributed by atoms with Gasteiger partial charge in [-0.05, 0) is 26.7 Å². The summed E-state index contributed by atoms with van der Waals surface area (Å²) >= 11 is 0. The van der Waals surface area contributed by atoms with Gasteiger partial charge in [0.25, 0.3) is 0 Å². The number of hydrogen-bond donors (Lipinski definition) is 2. The second-order valence-electron chi connectivity index (χ2n) is 6.45. The van der Waals surface area contributed by atoms with Gasteiger partial charge in [0, 0.05) is 23.9 Å². The summed E-state index contributed by atoms with van der Waals surface area (Å²) in [6.07, 6.45) is 4.11. The van der Waals surface area contributed by atoms with E-state index in [9.17, 15) is 4.79 Å². The highest BCUT2D eigenvalue weighted by Crippen LogP contribution is 2.17. The topological polar surface area (TPSA) is 75.1 Å². The van der Waals surface area contributed by atoms with E-state index >= 15 is 0 Å². The predicted molar refractivity (Wildman–Crippen MR) is 91.5 cm³/mol. The van der Waals surface area contributed by atoms with Gasteiger partial charge in [0.2, 0.25) is 5.91 Å². The van der Waals surface area contributed by atoms with Crippen molar-refractivity contribution in [2.45, 2.75) is 66.2 Å². The molecule has 2 N–H and O–H groups in total. The number of hydrogen-bond acceptors (Lipinski definition) is 3. The number of carbonyl (C=O) groups excluding carboxylic acids is 1. The molecule has 6 heteroatoms. The zero-order valence-corrected chi connectivity index (χ0v) is 14.9. The maximum atomic E-state index is 12.3. The molecule has 0 saturated heterocycles. The summed E-state index contributed by atoms with van der Waals surface area (Å²) in [5.41, 5.74) is 3.04. The molecule has 0 aromatic carbocycles. The number of aromatic amines is 1. The van der Waals surface area contributed by atoms with Crippen molar-refractivity contribution in [3.8, 4) is 0 Å². The molecule has 0 saturated carbocycles. The van der Waals surface area contributed by atoms with Crippen LogP contribution < -0.4 is 5.32 Å². The molecule has 0 fully saturated rings. The average molecular weight is 319 g/mol. The lowest BCUT2D eigenvalue weighted by molar-refractivity contribution is -0.125. The van der Waals surface area contributed by atoms with Crippen LogP contribution in [0.1, 0.15) is 69.5 Å². The standard InChI is InChI=1S/C17H29N5O/c1-6-8-9-14(7-2)17(23)18-10-11(3)15-19-16-12(4)13(5)20-22(16)21-15/h11,14H,6-10H2,1-5H3,(H,18,23)(H,19,21). The van der Waals surface area contributed by atoms with Gasteiger partial charge in [0.05, 0.1) is 5.69 Å². The molecule has 128 valence electrons. The molecule has 0 aliphatic rings. The Morgan fingerprint density at radius 3 is 2.65 bits per heavy atom. The van der Waals surface area contributed by atoms with Crippen molar-refractivity contribution in [1.82, 2.24) is 25.1 Å². The maximum absolute atomic E-state index is 12.3. The van der Waals surface area contributed by atoms with E-state index < -0.39 is 0 Å². The van der Waals surface area contributed by atoms with Crippen LogP contribution in [0.4, 0.5) is 0 Å². The predicted octanol–water partition coefficient (Wildman–Crippen LogP) is 3.11. The van der Waals surface area contributed by atoms with Crippen molar-refractivity contribution in [1.29, 1.82) is 0 Å². The number of unbranched alkanes of at least 4 members (excludes halogenated alkanes) is 1. The number of nitrogens with zero attached hydrogens (tertiary/aromatic N) is 3. The maximum Gasteiger partial charge on any atom is 0.223 e. The van der Waals surface area contributed by atoms with Crippen molar-refractivity contribution < 1.29 is 4.79 Å². The van der Waals surface area contributed by atoms with Gasteiger partial charge in [-0.25, -0.2) is 0 Å². The van der Waals surface area contributed by atoms with Crippen LogP contribution in [0.3, 0.4) is 0 Å². The first-order valence-corrected chi connectivity index (χ1v) is 8.67. The minimum Gasteiger partial charge on any atom is -0.355 e. The lowest BCUT2D eigenvalue weighted by Crippen LogP contribution is -2.33. The van der Waals surface area contributed by atoms with Gasteiger partial charge >= 0.3 is 0 Å². The van der Waals surface area contributed by atoms with Crippen molar-refractivity contribution in [2.24, 2.45) is 5.92 Å². The monoisotopic (exact) mass is 319 g/mol. The molecule has 2 heterocycles. The Labute approximate surface area is 138 Å². The van der Waals surface area contributed by atoms with Crippen LogP contribution in [-0.4, -0.2) is 32.3 Å². The summed E-state index contributed by atoms with van der Waals surface area (Å²) in [6.45, 7) is 10.9. The van der Waals surface area contributed by atoms with Crippen LogP contribution in [0.25, 0.3) is 5.65 Å². The highest BCUT2D eigenvalue weighted by Gasteiger charge is 2.19. The molecule has 0 aliphatic carbocycles. The fourth-order valence-electron chi connectivity index (χ4n) is 2.74. The molecule has 6 nitrogen and oxygen atoms in total. The Kier molecular flexibility index (Phi) is 5.80. The molecule has 2 rings (SSSR count). The lowest BCUT2D eigenvalue weighted by atomic mass is 9.98. The highest BCUT2D eigenvalue weighted by molar-refractivity contribution is 5.78. The molecule has 0 radical (unpaired) electrons. The van der Waals surface area contributed by atoms with E-state index in [2.05, 4.69) is 41.3 Å². The summed E-state index contributed by atoms with van der Waals surface area (Å²) in [7, 11) is 0. The fourth-order valence-corrected chi connectivity index (χ4v) is 2.74. The van der Waals surface area contributed by atoms with Gasteiger partial charge in [0.15, 0.2) is 5.65 Å². The van der Waals surface area contributed by atoms with Crippen LogP contribution in [0.2, 0.25) is 0 Å². The summed E-state index contributed by atoms with van der Waals surface area (Å²) < 4.78 is 1.65. The van der Waals surface area contributed by atoms with Gasteiger partial charge in [-0.2, -0.15) is 5.10 Å². The molecular weight excluding hydrogens is 290 g/mol. The van der Waals surface area contributed by atoms with E-state index in [1.165, 1.54) is 0 Å². The highest BCUT2D eigenvalue weighted by atomic mass is 16.1. The van der Waals surface area contributed by atoms with Crippen molar-refractivity contribution in [3.05, 3.63) is 17.1 Å². The Hall–Kier alpha value is -1.85. The van der Waals surface area contributed by atoms with E-state index in [-0.39, 0.29) is 17.7 Å². The Morgan fingerprint density at radius 2 is 2.04 bits per heavy atom. The largest absolute Gasteiger partial charge is 0.355 e. The molecule has 2 aromatic heterocycles. The number of carbonyl (C=O) groups is 1.